The van der Waals surface area contributed by atoms with Crippen molar-refractivity contribution in [2.24, 2.45) is 5.92 Å². The summed E-state index contributed by atoms with van der Waals surface area (Å²) in [7, 11) is 0. The number of alkyl halides is 1. The van der Waals surface area contributed by atoms with Gasteiger partial charge in [0.2, 0.25) is 0 Å². The van der Waals surface area contributed by atoms with E-state index in [0.29, 0.717) is 5.92 Å². The van der Waals surface area contributed by atoms with Gasteiger partial charge >= 0.3 is 0 Å². The highest BCUT2D eigenvalue weighted by Crippen LogP contribution is 2.23. The van der Waals surface area contributed by atoms with E-state index in [1.807, 2.05) is 0 Å². The fraction of sp³-hybridized carbons (Fsp3) is 0.647. The van der Waals surface area contributed by atoms with Gasteiger partial charge in [-0.25, -0.2) is 0 Å². The van der Waals surface area contributed by atoms with E-state index in [1.165, 1.54) is 37.7 Å². The van der Waals surface area contributed by atoms with Crippen LogP contribution in [0.1, 0.15) is 49.8 Å². The van der Waals surface area contributed by atoms with E-state index in [1.54, 1.807) is 11.1 Å². The molecule has 0 aromatic heterocycles. The molecule has 1 aliphatic rings. The minimum Gasteiger partial charge on any atom is -0.311 e. The average molecular weight is 280 g/mol. The first-order valence-electron chi connectivity index (χ1n) is 7.70. The lowest BCUT2D eigenvalue weighted by molar-refractivity contribution is 0.446. The molecule has 1 aliphatic carbocycles. The number of aryl methyl sites for hydroxylation is 2. The molecule has 0 heterocycles. The molecule has 1 unspecified atom stereocenters. The first-order valence-corrected chi connectivity index (χ1v) is 8.13. The molecule has 1 aromatic rings. The van der Waals surface area contributed by atoms with Crippen molar-refractivity contribution in [2.75, 3.05) is 6.54 Å². The van der Waals surface area contributed by atoms with Crippen LogP contribution in [0.25, 0.3) is 0 Å². The van der Waals surface area contributed by atoms with Crippen LogP contribution in [0, 0.1) is 5.92 Å². The molecule has 1 aromatic carbocycles. The normalized spacial score (nSPS) is 15.8. The van der Waals surface area contributed by atoms with Gasteiger partial charge in [0, 0.05) is 18.5 Å². The van der Waals surface area contributed by atoms with E-state index in [9.17, 15) is 0 Å². The summed E-state index contributed by atoms with van der Waals surface area (Å²) in [6, 6.07) is 6.94. The zero-order valence-corrected chi connectivity index (χ0v) is 13.0. The SMILES string of the molecule is CCC(CC)C(Cl)CNCc1ccc2c(c1)CCC2. The predicted molar refractivity (Wildman–Crippen MR) is 83.9 cm³/mol. The lowest BCUT2D eigenvalue weighted by atomic mass is 9.99. The highest BCUT2D eigenvalue weighted by molar-refractivity contribution is 6.21. The second-order valence-corrected chi connectivity index (χ2v) is 6.24. The Bertz CT molecular complexity index is 398. The smallest absolute Gasteiger partial charge is 0.0488 e. The minimum absolute atomic E-state index is 0.254. The summed E-state index contributed by atoms with van der Waals surface area (Å²) in [6.07, 6.45) is 6.19. The predicted octanol–water partition coefficient (Wildman–Crippen LogP) is 4.31. The van der Waals surface area contributed by atoms with Crippen LogP contribution >= 0.6 is 11.6 Å². The Balaban J connectivity index is 1.79. The van der Waals surface area contributed by atoms with E-state index in [4.69, 9.17) is 11.6 Å². The van der Waals surface area contributed by atoms with E-state index in [-0.39, 0.29) is 5.38 Å². The topological polar surface area (TPSA) is 12.0 Å². The highest BCUT2D eigenvalue weighted by Gasteiger charge is 2.15. The molecule has 0 aliphatic heterocycles. The molecule has 2 heteroatoms. The summed E-state index contributed by atoms with van der Waals surface area (Å²) in [6.45, 7) is 6.30. The van der Waals surface area contributed by atoms with Gasteiger partial charge in [0.05, 0.1) is 0 Å². The van der Waals surface area contributed by atoms with Crippen molar-refractivity contribution in [3.05, 3.63) is 34.9 Å². The first-order chi connectivity index (χ1) is 9.24. The average Bonchev–Trinajstić information content (AvgIpc) is 2.87. The molecule has 0 saturated heterocycles. The lowest BCUT2D eigenvalue weighted by Gasteiger charge is -2.19. The van der Waals surface area contributed by atoms with Crippen LogP contribution in [0.2, 0.25) is 0 Å². The Hall–Kier alpha value is -0.530. The van der Waals surface area contributed by atoms with Gasteiger partial charge in [-0.3, -0.25) is 0 Å². The quantitative estimate of drug-likeness (QED) is 0.734. The van der Waals surface area contributed by atoms with Gasteiger partial charge in [-0.05, 0) is 41.9 Å². The molecule has 0 saturated carbocycles. The molecular weight excluding hydrogens is 254 g/mol. The highest BCUT2D eigenvalue weighted by atomic mass is 35.5. The number of fused-ring (bicyclic) bond motifs is 1. The van der Waals surface area contributed by atoms with Gasteiger partial charge in [0.1, 0.15) is 0 Å². The molecule has 0 amide bonds. The van der Waals surface area contributed by atoms with Crippen LogP contribution in [0.3, 0.4) is 0 Å². The second kappa shape index (κ2) is 7.31. The van der Waals surface area contributed by atoms with Crippen LogP contribution in [0.5, 0.6) is 0 Å². The zero-order valence-electron chi connectivity index (χ0n) is 12.2. The van der Waals surface area contributed by atoms with Crippen LogP contribution in [-0.4, -0.2) is 11.9 Å². The second-order valence-electron chi connectivity index (χ2n) is 5.68. The minimum atomic E-state index is 0.254. The van der Waals surface area contributed by atoms with Gasteiger partial charge < -0.3 is 5.32 Å². The molecule has 1 atom stereocenters. The van der Waals surface area contributed by atoms with Gasteiger partial charge in [0.25, 0.3) is 0 Å². The van der Waals surface area contributed by atoms with Crippen molar-refractivity contribution in [3.8, 4) is 0 Å². The third-order valence-electron chi connectivity index (χ3n) is 4.39. The number of hydrogen-bond acceptors (Lipinski definition) is 1. The van der Waals surface area contributed by atoms with Gasteiger partial charge in [-0.2, -0.15) is 0 Å². The molecule has 106 valence electrons. The van der Waals surface area contributed by atoms with Gasteiger partial charge in [-0.15, -0.1) is 11.6 Å². The summed E-state index contributed by atoms with van der Waals surface area (Å²) in [5.41, 5.74) is 4.51. The lowest BCUT2D eigenvalue weighted by Crippen LogP contribution is -2.28. The van der Waals surface area contributed by atoms with Crippen LogP contribution in [0.4, 0.5) is 0 Å². The number of rotatable bonds is 7. The summed E-state index contributed by atoms with van der Waals surface area (Å²) in [4.78, 5) is 0. The Morgan fingerprint density at radius 2 is 1.89 bits per heavy atom. The molecule has 2 rings (SSSR count). The van der Waals surface area contributed by atoms with Crippen LogP contribution in [-0.2, 0) is 19.4 Å². The summed E-state index contributed by atoms with van der Waals surface area (Å²) in [5, 5.41) is 3.76. The maximum atomic E-state index is 6.44. The molecule has 1 N–H and O–H groups in total. The van der Waals surface area contributed by atoms with Gasteiger partial charge in [0.15, 0.2) is 0 Å². The van der Waals surface area contributed by atoms with Crippen molar-refractivity contribution in [2.45, 2.75) is 57.9 Å². The van der Waals surface area contributed by atoms with E-state index in [2.05, 4.69) is 37.4 Å². The third kappa shape index (κ3) is 3.97. The van der Waals surface area contributed by atoms with Crippen LogP contribution in [0.15, 0.2) is 18.2 Å². The monoisotopic (exact) mass is 279 g/mol. The van der Waals surface area contributed by atoms with Crippen molar-refractivity contribution < 1.29 is 0 Å². The van der Waals surface area contributed by atoms with E-state index < -0.39 is 0 Å². The van der Waals surface area contributed by atoms with Crippen molar-refractivity contribution >= 4 is 11.6 Å². The Labute approximate surface area is 122 Å². The summed E-state index contributed by atoms with van der Waals surface area (Å²) < 4.78 is 0. The molecule has 0 bridgehead atoms. The maximum absolute atomic E-state index is 6.44. The Morgan fingerprint density at radius 1 is 1.16 bits per heavy atom. The molecule has 0 fully saturated rings. The van der Waals surface area contributed by atoms with Gasteiger partial charge in [-0.1, -0.05) is 44.9 Å². The van der Waals surface area contributed by atoms with Crippen molar-refractivity contribution in [1.29, 1.82) is 0 Å². The number of hydrogen-bond donors (Lipinski definition) is 1. The molecule has 1 nitrogen and oxygen atoms in total. The van der Waals surface area contributed by atoms with E-state index in [0.717, 1.165) is 13.1 Å². The fourth-order valence-electron chi connectivity index (χ4n) is 3.06. The number of halogens is 1. The number of nitrogens with one attached hydrogen (secondary N) is 1. The summed E-state index contributed by atoms with van der Waals surface area (Å²) >= 11 is 6.44. The largest absolute Gasteiger partial charge is 0.311 e. The Morgan fingerprint density at radius 3 is 2.63 bits per heavy atom. The third-order valence-corrected chi connectivity index (χ3v) is 4.90. The molecule has 19 heavy (non-hydrogen) atoms. The molecular formula is C17H26ClN. The number of benzene rings is 1. The van der Waals surface area contributed by atoms with E-state index >= 15 is 0 Å². The maximum Gasteiger partial charge on any atom is 0.0488 e. The van der Waals surface area contributed by atoms with Crippen molar-refractivity contribution in [3.63, 3.8) is 0 Å². The molecule has 0 radical (unpaired) electrons. The zero-order chi connectivity index (χ0) is 13.7. The standard InChI is InChI=1S/C17H26ClN/c1-3-14(4-2)17(18)12-19-11-13-8-9-15-6-5-7-16(15)10-13/h8-10,14,17,19H,3-7,11-12H2,1-2H3. The Kier molecular flexibility index (Phi) is 5.72. The summed E-state index contributed by atoms with van der Waals surface area (Å²) in [5.74, 6) is 0.634. The molecule has 0 spiro atoms. The fourth-order valence-corrected chi connectivity index (χ4v) is 3.52. The van der Waals surface area contributed by atoms with Crippen LogP contribution < -0.4 is 5.32 Å². The first kappa shape index (κ1) is 14.9. The van der Waals surface area contributed by atoms with Crippen molar-refractivity contribution in [1.82, 2.24) is 5.32 Å².